The van der Waals surface area contributed by atoms with Gasteiger partial charge < -0.3 is 0 Å². The quantitative estimate of drug-likeness (QED) is 0.0464. The van der Waals surface area contributed by atoms with Gasteiger partial charge in [-0.2, -0.15) is 132 Å². The lowest BCUT2D eigenvalue weighted by Gasteiger charge is -2.46. The average molecular weight is 1220 g/mol. The van der Waals surface area contributed by atoms with Crippen LogP contribution in [0.1, 0.15) is 65.4 Å². The summed E-state index contributed by atoms with van der Waals surface area (Å²) < 4.78 is 344. The Labute approximate surface area is 455 Å². The second-order valence-electron chi connectivity index (χ2n) is 18.3. The Morgan fingerprint density at radius 2 is 0.651 bits per heavy atom. The SMILES string of the molecule is FC(F)(F)c1cc([B-](c2cc(C(F)(F)F)cc(C(F)(F)F)c2)(c2cc(C(F)(F)F)cc(C(F)(F)F)c2)c2cc(C(F)(F)F)cc(C(F)(F)F)c2)cc(C(F)(F)F)c1.O=C(C=Cc1ccccc1)c1sc2ccccc2[n+]1Cc1ccccc1. The van der Waals surface area contributed by atoms with Gasteiger partial charge in [0.15, 0.2) is 6.54 Å². The normalized spacial score (nSPS) is 13.3. The van der Waals surface area contributed by atoms with Crippen LogP contribution >= 0.6 is 11.3 Å². The van der Waals surface area contributed by atoms with Crippen LogP contribution in [0.2, 0.25) is 0 Å². The number of halogens is 24. The number of para-hydroxylation sites is 1. The maximum Gasteiger partial charge on any atom is 0.416 e. The molecule has 7 aromatic carbocycles. The van der Waals surface area contributed by atoms with Gasteiger partial charge in [-0.3, -0.25) is 4.79 Å². The standard InChI is InChI=1S/C32H12BF24.C23H18NOS/c34-25(35,36)13-1-14(26(37,38)39)6-21(5-13)33(22-7-15(27(40,41)42)2-16(8-22)28(43,44)45,23-9-17(29(46,47)48)3-18(10-23)30(49,50)51)24-11-19(31(52,53)54)4-20(12-24)32(55,56)57;25-21(16-15-18-9-3-1-4-10-18)23-24(17-19-11-5-2-6-12-19)20-13-7-8-14-22(20)26-23/h1-12H;1-16H,17H2/q-1;+1. The molecule has 0 aliphatic carbocycles. The van der Waals surface area contributed by atoms with Crippen molar-refractivity contribution in [1.82, 2.24) is 0 Å². The molecule has 0 fully saturated rings. The average Bonchev–Trinajstić information content (AvgIpc) is 1.64. The summed E-state index contributed by atoms with van der Waals surface area (Å²) in [5, 5.41) is 0.752. The molecule has 8 aromatic rings. The van der Waals surface area contributed by atoms with Crippen molar-refractivity contribution in [3.63, 3.8) is 0 Å². The Morgan fingerprint density at radius 3 is 0.952 bits per heavy atom. The first-order chi connectivity index (χ1) is 38.1. The molecule has 0 unspecified atom stereocenters. The third-order valence-corrected chi connectivity index (χ3v) is 13.8. The van der Waals surface area contributed by atoms with E-state index >= 15 is 0 Å². The molecule has 0 aliphatic rings. The molecule has 0 saturated carbocycles. The van der Waals surface area contributed by atoms with E-state index in [0.717, 1.165) is 20.8 Å². The topological polar surface area (TPSA) is 20.9 Å². The summed E-state index contributed by atoms with van der Waals surface area (Å²) in [6, 6.07) is 19.5. The van der Waals surface area contributed by atoms with Crippen molar-refractivity contribution in [2.75, 3.05) is 0 Å². The summed E-state index contributed by atoms with van der Waals surface area (Å²) in [6.45, 7) is 0.686. The van der Waals surface area contributed by atoms with Crippen LogP contribution in [0.5, 0.6) is 0 Å². The molecule has 0 atom stereocenters. The molecular weight excluding hydrogens is 1190 g/mol. The minimum Gasteiger partial charge on any atom is -0.281 e. The van der Waals surface area contributed by atoms with Gasteiger partial charge in [0, 0.05) is 11.6 Å². The van der Waals surface area contributed by atoms with Gasteiger partial charge in [-0.15, -0.1) is 0 Å². The fraction of sp³-hybridized carbons (Fsp3) is 0.164. The number of hydrogen-bond donors (Lipinski definition) is 0. The number of nitrogens with zero attached hydrogens (tertiary/aromatic N) is 1. The van der Waals surface area contributed by atoms with E-state index in [0.29, 0.717) is 6.54 Å². The van der Waals surface area contributed by atoms with Crippen molar-refractivity contribution in [1.29, 1.82) is 0 Å². The van der Waals surface area contributed by atoms with Crippen LogP contribution in [0.3, 0.4) is 0 Å². The van der Waals surface area contributed by atoms with Crippen molar-refractivity contribution in [2.24, 2.45) is 0 Å². The molecule has 1 aromatic heterocycles. The number of ketones is 1. The van der Waals surface area contributed by atoms with E-state index in [2.05, 4.69) is 28.8 Å². The zero-order valence-corrected chi connectivity index (χ0v) is 41.6. The molecule has 0 saturated heterocycles. The van der Waals surface area contributed by atoms with Crippen molar-refractivity contribution < 1.29 is 115 Å². The second kappa shape index (κ2) is 22.4. The van der Waals surface area contributed by atoms with Crippen molar-refractivity contribution >= 4 is 61.4 Å². The number of allylic oxidation sites excluding steroid dienone is 1. The third-order valence-electron chi connectivity index (χ3n) is 12.7. The second-order valence-corrected chi connectivity index (χ2v) is 19.3. The first-order valence-corrected chi connectivity index (χ1v) is 24.0. The zero-order valence-electron chi connectivity index (χ0n) is 40.8. The first-order valence-electron chi connectivity index (χ1n) is 23.2. The lowest BCUT2D eigenvalue weighted by Crippen LogP contribution is -2.75. The van der Waals surface area contributed by atoms with E-state index in [4.69, 9.17) is 0 Å². The summed E-state index contributed by atoms with van der Waals surface area (Å²) in [7, 11) is 0. The molecule has 0 amide bonds. The van der Waals surface area contributed by atoms with Crippen molar-refractivity contribution in [2.45, 2.75) is 56.0 Å². The van der Waals surface area contributed by atoms with Crippen molar-refractivity contribution in [3.05, 3.63) is 224 Å². The van der Waals surface area contributed by atoms with Gasteiger partial charge in [0.1, 0.15) is 10.8 Å². The van der Waals surface area contributed by atoms with Crippen LogP contribution in [-0.4, -0.2) is 11.9 Å². The minimum absolute atomic E-state index is 0.0333. The van der Waals surface area contributed by atoms with Crippen molar-refractivity contribution in [3.8, 4) is 0 Å². The fourth-order valence-corrected chi connectivity index (χ4v) is 10.1. The molecule has 438 valence electrons. The number of benzene rings is 7. The highest BCUT2D eigenvalue weighted by Gasteiger charge is 2.47. The Morgan fingerprint density at radius 1 is 0.373 bits per heavy atom. The van der Waals surface area contributed by atoms with Gasteiger partial charge in [0.05, 0.1) is 44.5 Å². The maximum absolute atomic E-state index is 14.2. The number of thiazole rings is 1. The number of rotatable bonds is 9. The molecule has 0 N–H and O–H groups in total. The molecule has 8 rings (SSSR count). The first kappa shape index (κ1) is 62.8. The molecule has 0 spiro atoms. The number of carbonyl (C=O) groups excluding carboxylic acids is 1. The zero-order chi connectivity index (χ0) is 61.7. The summed E-state index contributed by atoms with van der Waals surface area (Å²) >= 11 is 1.55. The predicted octanol–water partition coefficient (Wildman–Crippen LogP) is 16.3. The Hall–Kier alpha value is -7.78. The van der Waals surface area contributed by atoms with Crippen LogP contribution in [0, 0.1) is 0 Å². The third kappa shape index (κ3) is 14.4. The van der Waals surface area contributed by atoms with Crippen LogP contribution in [0.25, 0.3) is 16.3 Å². The van der Waals surface area contributed by atoms with Gasteiger partial charge in [0.2, 0.25) is 5.52 Å². The molecule has 1 heterocycles. The van der Waals surface area contributed by atoms with Gasteiger partial charge in [-0.25, -0.2) is 0 Å². The fourth-order valence-electron chi connectivity index (χ4n) is 9.02. The lowest BCUT2D eigenvalue weighted by molar-refractivity contribution is -0.659. The molecule has 83 heavy (non-hydrogen) atoms. The van der Waals surface area contributed by atoms with Crippen LogP contribution in [-0.2, 0) is 56.0 Å². The minimum atomic E-state index is -6.13. The van der Waals surface area contributed by atoms with E-state index in [1.807, 2.05) is 66.7 Å². The highest BCUT2D eigenvalue weighted by Crippen LogP contribution is 2.42. The van der Waals surface area contributed by atoms with E-state index in [1.54, 1.807) is 17.4 Å². The monoisotopic (exact) mass is 1220 g/mol. The summed E-state index contributed by atoms with van der Waals surface area (Å²) in [5.41, 5.74) is -26.9. The molecule has 0 aliphatic heterocycles. The lowest BCUT2D eigenvalue weighted by atomic mass is 9.12. The molecule has 0 radical (unpaired) electrons. The number of hydrogen-bond acceptors (Lipinski definition) is 2. The Bertz CT molecular complexity index is 3240. The van der Waals surface area contributed by atoms with E-state index in [9.17, 15) is 110 Å². The maximum atomic E-state index is 14.2. The number of fused-ring (bicyclic) bond motifs is 1. The van der Waals surface area contributed by atoms with Crippen LogP contribution in [0.4, 0.5) is 105 Å². The van der Waals surface area contributed by atoms with Crippen LogP contribution in [0.15, 0.2) is 164 Å². The summed E-state index contributed by atoms with van der Waals surface area (Å²) in [6.07, 6.45) is -51.3. The molecular formula is C55H30BF24NOS. The number of carbonyl (C=O) groups is 1. The molecule has 0 bridgehead atoms. The number of alkyl halides is 24. The smallest absolute Gasteiger partial charge is 0.281 e. The largest absolute Gasteiger partial charge is 0.416 e. The summed E-state index contributed by atoms with van der Waals surface area (Å²) in [4.78, 5) is 12.9. The predicted molar refractivity (Wildman–Crippen MR) is 257 cm³/mol. The summed E-state index contributed by atoms with van der Waals surface area (Å²) in [5.74, 6) is 0.0333. The van der Waals surface area contributed by atoms with Gasteiger partial charge in [0.25, 0.3) is 5.78 Å². The van der Waals surface area contributed by atoms with E-state index < -0.39 is 195 Å². The Balaban J connectivity index is 0.000000313. The highest BCUT2D eigenvalue weighted by atomic mass is 32.1. The van der Waals surface area contributed by atoms with Gasteiger partial charge >= 0.3 is 54.4 Å². The van der Waals surface area contributed by atoms with E-state index in [-0.39, 0.29) is 5.78 Å². The Kier molecular flexibility index (Phi) is 17.0. The molecule has 28 heteroatoms. The van der Waals surface area contributed by atoms with Gasteiger partial charge in [-0.05, 0) is 42.0 Å². The number of aromatic nitrogens is 1. The van der Waals surface area contributed by atoms with Gasteiger partial charge in [-0.1, -0.05) is 139 Å². The van der Waals surface area contributed by atoms with E-state index in [1.165, 1.54) is 5.56 Å². The molecule has 2 nitrogen and oxygen atoms in total. The van der Waals surface area contributed by atoms with Crippen LogP contribution < -0.4 is 26.4 Å². The highest BCUT2D eigenvalue weighted by molar-refractivity contribution is 7.20.